The summed E-state index contributed by atoms with van der Waals surface area (Å²) >= 11 is 1.63. The van der Waals surface area contributed by atoms with Crippen LogP contribution in [0, 0.1) is 0 Å². The predicted molar refractivity (Wildman–Crippen MR) is 81.3 cm³/mol. The topological polar surface area (TPSA) is 50.3 Å². The molecule has 0 aliphatic heterocycles. The van der Waals surface area contributed by atoms with E-state index in [0.29, 0.717) is 18.6 Å². The number of thiophene rings is 1. The van der Waals surface area contributed by atoms with Gasteiger partial charge in [-0.1, -0.05) is 0 Å². The number of nitrogens with one attached hydrogen (secondary N) is 1. The standard InChI is InChI=1S/C13H20N4OS/c1-9(2)17(6-7-18-4)11-10-5-8-19-12(10)16-13(14-3)15-11/h5,8-9H,6-7H2,1-4H3,(H,14,15,16). The molecule has 2 aromatic rings. The summed E-state index contributed by atoms with van der Waals surface area (Å²) in [7, 11) is 3.56. The Labute approximate surface area is 117 Å². The number of hydrogen-bond donors (Lipinski definition) is 1. The maximum atomic E-state index is 5.20. The van der Waals surface area contributed by atoms with Crippen LogP contribution in [0.25, 0.3) is 10.2 Å². The van der Waals surface area contributed by atoms with Crippen LogP contribution in [0.5, 0.6) is 0 Å². The molecule has 0 aliphatic rings. The van der Waals surface area contributed by atoms with Crippen LogP contribution < -0.4 is 10.2 Å². The Bertz CT molecular complexity index is 540. The summed E-state index contributed by atoms with van der Waals surface area (Å²) in [6.45, 7) is 5.83. The number of ether oxygens (including phenoxy) is 1. The maximum absolute atomic E-state index is 5.20. The first-order valence-corrected chi connectivity index (χ1v) is 7.24. The van der Waals surface area contributed by atoms with Crippen LogP contribution in [-0.4, -0.2) is 43.3 Å². The lowest BCUT2D eigenvalue weighted by molar-refractivity contribution is 0.203. The van der Waals surface area contributed by atoms with Crippen molar-refractivity contribution in [2.45, 2.75) is 19.9 Å². The Hall–Kier alpha value is -1.40. The lowest BCUT2D eigenvalue weighted by atomic mass is 10.2. The Balaban J connectivity index is 2.47. The Morgan fingerprint density at radius 3 is 2.84 bits per heavy atom. The van der Waals surface area contributed by atoms with Gasteiger partial charge in [0, 0.05) is 26.7 Å². The molecule has 0 fully saturated rings. The summed E-state index contributed by atoms with van der Waals surface area (Å²) in [6.07, 6.45) is 0. The number of hydrogen-bond acceptors (Lipinski definition) is 6. The van der Waals surface area contributed by atoms with Gasteiger partial charge in [0.2, 0.25) is 5.95 Å². The molecule has 0 amide bonds. The first kappa shape index (κ1) is 14.0. The van der Waals surface area contributed by atoms with Crippen molar-refractivity contribution in [2.75, 3.05) is 37.5 Å². The van der Waals surface area contributed by atoms with Crippen molar-refractivity contribution < 1.29 is 4.74 Å². The highest BCUT2D eigenvalue weighted by Gasteiger charge is 2.17. The fourth-order valence-electron chi connectivity index (χ4n) is 1.97. The number of anilines is 2. The zero-order chi connectivity index (χ0) is 13.8. The Morgan fingerprint density at radius 2 is 2.21 bits per heavy atom. The molecule has 5 nitrogen and oxygen atoms in total. The molecule has 0 radical (unpaired) electrons. The number of fused-ring (bicyclic) bond motifs is 1. The van der Waals surface area contributed by atoms with Crippen LogP contribution in [0.2, 0.25) is 0 Å². The minimum Gasteiger partial charge on any atom is -0.383 e. The number of rotatable bonds is 6. The van der Waals surface area contributed by atoms with Crippen molar-refractivity contribution in [2.24, 2.45) is 0 Å². The molecule has 2 heterocycles. The first-order chi connectivity index (χ1) is 9.17. The summed E-state index contributed by atoms with van der Waals surface area (Å²) in [5.74, 6) is 1.63. The van der Waals surface area contributed by atoms with Crippen LogP contribution in [0.4, 0.5) is 11.8 Å². The van der Waals surface area contributed by atoms with Crippen molar-refractivity contribution in [3.05, 3.63) is 11.4 Å². The number of methoxy groups -OCH3 is 1. The van der Waals surface area contributed by atoms with E-state index in [4.69, 9.17) is 4.74 Å². The molecule has 0 atom stereocenters. The van der Waals surface area contributed by atoms with Crippen LogP contribution >= 0.6 is 11.3 Å². The van der Waals surface area contributed by atoms with E-state index in [1.807, 2.05) is 7.05 Å². The molecular formula is C13H20N4OS. The van der Waals surface area contributed by atoms with Crippen LogP contribution in [-0.2, 0) is 4.74 Å². The molecule has 1 N–H and O–H groups in total. The molecule has 6 heteroatoms. The van der Waals surface area contributed by atoms with Gasteiger partial charge in [0.1, 0.15) is 10.6 Å². The van der Waals surface area contributed by atoms with E-state index in [0.717, 1.165) is 22.6 Å². The smallest absolute Gasteiger partial charge is 0.225 e. The third-order valence-corrected chi connectivity index (χ3v) is 3.77. The number of aromatic nitrogens is 2. The molecule has 2 rings (SSSR count). The van der Waals surface area contributed by atoms with E-state index in [-0.39, 0.29) is 0 Å². The monoisotopic (exact) mass is 280 g/mol. The maximum Gasteiger partial charge on any atom is 0.225 e. The molecule has 0 saturated heterocycles. The van der Waals surface area contributed by atoms with Gasteiger partial charge in [-0.05, 0) is 25.3 Å². The molecule has 2 aromatic heterocycles. The second-order valence-corrected chi connectivity index (χ2v) is 5.43. The van der Waals surface area contributed by atoms with Crippen LogP contribution in [0.15, 0.2) is 11.4 Å². The minimum absolute atomic E-state index is 0.359. The van der Waals surface area contributed by atoms with Gasteiger partial charge in [-0.3, -0.25) is 0 Å². The van der Waals surface area contributed by atoms with Crippen molar-refractivity contribution in [3.63, 3.8) is 0 Å². The molecule has 0 bridgehead atoms. The second-order valence-electron chi connectivity index (χ2n) is 4.54. The van der Waals surface area contributed by atoms with Gasteiger partial charge < -0.3 is 15.0 Å². The van der Waals surface area contributed by atoms with Gasteiger partial charge in [-0.2, -0.15) is 4.98 Å². The zero-order valence-electron chi connectivity index (χ0n) is 11.8. The van der Waals surface area contributed by atoms with E-state index in [2.05, 4.69) is 45.5 Å². The fraction of sp³-hybridized carbons (Fsp3) is 0.538. The molecule has 104 valence electrons. The molecule has 0 unspecified atom stereocenters. The molecular weight excluding hydrogens is 260 g/mol. The lowest BCUT2D eigenvalue weighted by Crippen LogP contribution is -2.34. The molecule has 0 saturated carbocycles. The number of nitrogens with zero attached hydrogens (tertiary/aromatic N) is 3. The van der Waals surface area contributed by atoms with E-state index < -0.39 is 0 Å². The largest absolute Gasteiger partial charge is 0.383 e. The summed E-state index contributed by atoms with van der Waals surface area (Å²) in [6, 6.07) is 2.44. The van der Waals surface area contributed by atoms with Gasteiger partial charge in [0.05, 0.1) is 12.0 Å². The van der Waals surface area contributed by atoms with Crippen molar-refractivity contribution in [1.29, 1.82) is 0 Å². The highest BCUT2D eigenvalue weighted by Crippen LogP contribution is 2.29. The average molecular weight is 280 g/mol. The third-order valence-electron chi connectivity index (χ3n) is 2.96. The van der Waals surface area contributed by atoms with Crippen molar-refractivity contribution >= 4 is 33.3 Å². The van der Waals surface area contributed by atoms with E-state index in [1.54, 1.807) is 18.4 Å². The predicted octanol–water partition coefficient (Wildman–Crippen LogP) is 2.59. The van der Waals surface area contributed by atoms with Crippen LogP contribution in [0.1, 0.15) is 13.8 Å². The van der Waals surface area contributed by atoms with E-state index in [9.17, 15) is 0 Å². The summed E-state index contributed by atoms with van der Waals surface area (Å²) in [5.41, 5.74) is 0. The van der Waals surface area contributed by atoms with E-state index in [1.165, 1.54) is 0 Å². The molecule has 19 heavy (non-hydrogen) atoms. The summed E-state index contributed by atoms with van der Waals surface area (Å²) < 4.78 is 5.20. The SMILES string of the molecule is CNc1nc(N(CCOC)C(C)C)c2ccsc2n1. The highest BCUT2D eigenvalue weighted by molar-refractivity contribution is 7.16. The highest BCUT2D eigenvalue weighted by atomic mass is 32.1. The van der Waals surface area contributed by atoms with Crippen LogP contribution in [0.3, 0.4) is 0 Å². The zero-order valence-corrected chi connectivity index (χ0v) is 12.6. The van der Waals surface area contributed by atoms with Crippen molar-refractivity contribution in [3.8, 4) is 0 Å². The second kappa shape index (κ2) is 6.16. The third kappa shape index (κ3) is 2.96. The first-order valence-electron chi connectivity index (χ1n) is 6.36. The molecule has 0 spiro atoms. The van der Waals surface area contributed by atoms with Gasteiger partial charge >= 0.3 is 0 Å². The molecule has 0 aliphatic carbocycles. The van der Waals surface area contributed by atoms with Crippen molar-refractivity contribution in [1.82, 2.24) is 9.97 Å². The average Bonchev–Trinajstić information content (AvgIpc) is 2.86. The van der Waals surface area contributed by atoms with Gasteiger partial charge in [0.15, 0.2) is 0 Å². The Morgan fingerprint density at radius 1 is 1.42 bits per heavy atom. The fourth-order valence-corrected chi connectivity index (χ4v) is 2.73. The normalized spacial score (nSPS) is 11.2. The lowest BCUT2D eigenvalue weighted by Gasteiger charge is -2.28. The van der Waals surface area contributed by atoms with Gasteiger partial charge in [-0.15, -0.1) is 11.3 Å². The summed E-state index contributed by atoms with van der Waals surface area (Å²) in [4.78, 5) is 12.4. The van der Waals surface area contributed by atoms with Gasteiger partial charge in [-0.25, -0.2) is 4.98 Å². The quantitative estimate of drug-likeness (QED) is 0.881. The minimum atomic E-state index is 0.359. The Kier molecular flexibility index (Phi) is 4.55. The van der Waals surface area contributed by atoms with Gasteiger partial charge in [0.25, 0.3) is 0 Å². The summed E-state index contributed by atoms with van der Waals surface area (Å²) in [5, 5.41) is 6.18. The van der Waals surface area contributed by atoms with E-state index >= 15 is 0 Å². The molecule has 0 aromatic carbocycles.